The van der Waals surface area contributed by atoms with E-state index in [1.807, 2.05) is 29.6 Å². The molecule has 104 valence electrons. The normalized spacial score (nSPS) is 10.5. The summed E-state index contributed by atoms with van der Waals surface area (Å²) in [5.74, 6) is -0.656. The summed E-state index contributed by atoms with van der Waals surface area (Å²) in [6, 6.07) is 14.3. The van der Waals surface area contributed by atoms with E-state index in [4.69, 9.17) is 5.73 Å². The van der Waals surface area contributed by atoms with Crippen molar-refractivity contribution in [1.82, 2.24) is 0 Å². The molecule has 1 aromatic heterocycles. The number of amides is 2. The third-order valence-corrected chi connectivity index (χ3v) is 4.12. The van der Waals surface area contributed by atoms with E-state index in [1.54, 1.807) is 24.3 Å². The fourth-order valence-corrected chi connectivity index (χ4v) is 3.01. The highest BCUT2D eigenvalue weighted by Gasteiger charge is 2.12. The molecule has 4 nitrogen and oxygen atoms in total. The maximum atomic E-state index is 12.3. The minimum atomic E-state index is -0.489. The number of anilines is 1. The Morgan fingerprint density at radius 2 is 1.71 bits per heavy atom. The van der Waals surface area contributed by atoms with Gasteiger partial charge >= 0.3 is 0 Å². The molecule has 0 saturated carbocycles. The van der Waals surface area contributed by atoms with Crippen molar-refractivity contribution in [2.24, 2.45) is 5.73 Å². The largest absolute Gasteiger partial charge is 0.366 e. The Morgan fingerprint density at radius 3 is 2.43 bits per heavy atom. The molecule has 0 bridgehead atoms. The van der Waals surface area contributed by atoms with Gasteiger partial charge < -0.3 is 11.1 Å². The van der Waals surface area contributed by atoms with Crippen molar-refractivity contribution < 1.29 is 9.59 Å². The van der Waals surface area contributed by atoms with Crippen LogP contribution in [0.4, 0.5) is 5.69 Å². The summed E-state index contributed by atoms with van der Waals surface area (Å²) in [5.41, 5.74) is 6.86. The molecule has 0 radical (unpaired) electrons. The number of nitrogens with one attached hydrogen (secondary N) is 1. The van der Waals surface area contributed by atoms with Crippen molar-refractivity contribution in [2.45, 2.75) is 0 Å². The smallest absolute Gasteiger partial charge is 0.257 e. The van der Waals surface area contributed by atoms with Crippen LogP contribution in [-0.2, 0) is 0 Å². The molecule has 0 spiro atoms. The summed E-state index contributed by atoms with van der Waals surface area (Å²) in [7, 11) is 0. The highest BCUT2D eigenvalue weighted by atomic mass is 32.1. The van der Waals surface area contributed by atoms with Gasteiger partial charge in [0.2, 0.25) is 5.91 Å². The van der Waals surface area contributed by atoms with E-state index >= 15 is 0 Å². The van der Waals surface area contributed by atoms with Crippen LogP contribution in [0.2, 0.25) is 0 Å². The molecule has 0 saturated heterocycles. The van der Waals surface area contributed by atoms with Crippen molar-refractivity contribution >= 4 is 38.9 Å². The maximum Gasteiger partial charge on any atom is 0.257 e. The van der Waals surface area contributed by atoms with Crippen LogP contribution >= 0.6 is 11.3 Å². The maximum absolute atomic E-state index is 12.3. The van der Waals surface area contributed by atoms with E-state index in [0.717, 1.165) is 10.1 Å². The number of carbonyl (C=O) groups excluding carboxylic acids is 2. The average Bonchev–Trinajstić information content (AvgIpc) is 2.92. The molecule has 0 aliphatic heterocycles. The van der Waals surface area contributed by atoms with Gasteiger partial charge in [-0.05, 0) is 30.3 Å². The van der Waals surface area contributed by atoms with Crippen molar-refractivity contribution in [3.05, 3.63) is 65.0 Å². The molecule has 0 aliphatic rings. The van der Waals surface area contributed by atoms with Gasteiger partial charge in [0.25, 0.3) is 5.91 Å². The van der Waals surface area contributed by atoms with E-state index in [9.17, 15) is 9.59 Å². The number of carbonyl (C=O) groups is 2. The van der Waals surface area contributed by atoms with Crippen LogP contribution in [0.5, 0.6) is 0 Å². The molecule has 2 aromatic carbocycles. The van der Waals surface area contributed by atoms with Crippen LogP contribution in [0.1, 0.15) is 20.7 Å². The standard InChI is InChI=1S/C16H12N2O2S/c17-15(19)10-5-7-11(8-6-10)18-16(20)13-9-21-14-4-2-1-3-12(13)14/h1-9H,(H2,17,19)(H,18,20). The molecular weight excluding hydrogens is 284 g/mol. The second-order valence-corrected chi connectivity index (χ2v) is 5.45. The summed E-state index contributed by atoms with van der Waals surface area (Å²) >= 11 is 1.54. The Morgan fingerprint density at radius 1 is 1.00 bits per heavy atom. The monoisotopic (exact) mass is 296 g/mol. The molecule has 5 heteroatoms. The van der Waals surface area contributed by atoms with Crippen LogP contribution in [0.25, 0.3) is 10.1 Å². The summed E-state index contributed by atoms with van der Waals surface area (Å²) in [6.45, 7) is 0. The third kappa shape index (κ3) is 2.64. The Kier molecular flexibility index (Phi) is 3.41. The molecule has 0 fully saturated rings. The van der Waals surface area contributed by atoms with E-state index in [0.29, 0.717) is 16.8 Å². The van der Waals surface area contributed by atoms with Gasteiger partial charge in [-0.15, -0.1) is 11.3 Å². The van der Waals surface area contributed by atoms with E-state index in [2.05, 4.69) is 5.32 Å². The van der Waals surface area contributed by atoms with Crippen LogP contribution in [0.3, 0.4) is 0 Å². The minimum absolute atomic E-state index is 0.167. The zero-order valence-electron chi connectivity index (χ0n) is 11.0. The lowest BCUT2D eigenvalue weighted by Gasteiger charge is -2.05. The minimum Gasteiger partial charge on any atom is -0.366 e. The molecule has 0 unspecified atom stereocenters. The van der Waals surface area contributed by atoms with Gasteiger partial charge in [0.05, 0.1) is 5.56 Å². The number of nitrogens with two attached hydrogens (primary N) is 1. The van der Waals surface area contributed by atoms with Crippen molar-refractivity contribution in [1.29, 1.82) is 0 Å². The van der Waals surface area contributed by atoms with Crippen molar-refractivity contribution in [3.8, 4) is 0 Å². The number of fused-ring (bicyclic) bond motifs is 1. The van der Waals surface area contributed by atoms with Gasteiger partial charge in [-0.1, -0.05) is 18.2 Å². The first-order chi connectivity index (χ1) is 10.1. The molecule has 2 amide bonds. The fraction of sp³-hybridized carbons (Fsp3) is 0. The number of hydrogen-bond acceptors (Lipinski definition) is 3. The lowest BCUT2D eigenvalue weighted by atomic mass is 10.1. The van der Waals surface area contributed by atoms with Crippen LogP contribution < -0.4 is 11.1 Å². The highest BCUT2D eigenvalue weighted by Crippen LogP contribution is 2.26. The highest BCUT2D eigenvalue weighted by molar-refractivity contribution is 7.17. The summed E-state index contributed by atoms with van der Waals surface area (Å²) in [5, 5.41) is 5.60. The lowest BCUT2D eigenvalue weighted by molar-refractivity contribution is 0.0998. The quantitative estimate of drug-likeness (QED) is 0.778. The average molecular weight is 296 g/mol. The molecular formula is C16H12N2O2S. The van der Waals surface area contributed by atoms with Crippen molar-refractivity contribution in [3.63, 3.8) is 0 Å². The zero-order chi connectivity index (χ0) is 14.8. The molecule has 1 heterocycles. The van der Waals surface area contributed by atoms with Crippen LogP contribution in [-0.4, -0.2) is 11.8 Å². The van der Waals surface area contributed by atoms with Crippen molar-refractivity contribution in [2.75, 3.05) is 5.32 Å². The topological polar surface area (TPSA) is 72.2 Å². The summed E-state index contributed by atoms with van der Waals surface area (Å²) < 4.78 is 1.08. The van der Waals surface area contributed by atoms with Crippen LogP contribution in [0.15, 0.2) is 53.9 Å². The SMILES string of the molecule is NC(=O)c1ccc(NC(=O)c2csc3ccccc23)cc1. The van der Waals surface area contributed by atoms with Gasteiger partial charge in [0.15, 0.2) is 0 Å². The second-order valence-electron chi connectivity index (χ2n) is 4.54. The predicted octanol–water partition coefficient (Wildman–Crippen LogP) is 3.25. The molecule has 3 rings (SSSR count). The summed E-state index contributed by atoms with van der Waals surface area (Å²) in [4.78, 5) is 23.3. The Bertz CT molecular complexity index is 822. The van der Waals surface area contributed by atoms with Gasteiger partial charge in [0, 0.05) is 26.7 Å². The summed E-state index contributed by atoms with van der Waals surface area (Å²) in [6.07, 6.45) is 0. The third-order valence-electron chi connectivity index (χ3n) is 3.15. The van der Waals surface area contributed by atoms with E-state index in [-0.39, 0.29) is 5.91 Å². The molecule has 21 heavy (non-hydrogen) atoms. The second kappa shape index (κ2) is 5.38. The Balaban J connectivity index is 1.84. The number of hydrogen-bond donors (Lipinski definition) is 2. The van der Waals surface area contributed by atoms with Gasteiger partial charge in [-0.2, -0.15) is 0 Å². The fourth-order valence-electron chi connectivity index (χ4n) is 2.07. The molecule has 3 aromatic rings. The van der Waals surface area contributed by atoms with Gasteiger partial charge in [-0.25, -0.2) is 0 Å². The Labute approximate surface area is 125 Å². The first kappa shape index (κ1) is 13.3. The van der Waals surface area contributed by atoms with Gasteiger partial charge in [0.1, 0.15) is 0 Å². The molecule has 3 N–H and O–H groups in total. The predicted molar refractivity (Wildman–Crippen MR) is 84.7 cm³/mol. The first-order valence-electron chi connectivity index (χ1n) is 6.32. The number of benzene rings is 2. The molecule has 0 aliphatic carbocycles. The van der Waals surface area contributed by atoms with E-state index in [1.165, 1.54) is 11.3 Å². The Hall–Kier alpha value is -2.66. The van der Waals surface area contributed by atoms with E-state index < -0.39 is 5.91 Å². The lowest BCUT2D eigenvalue weighted by Crippen LogP contribution is -2.13. The zero-order valence-corrected chi connectivity index (χ0v) is 11.8. The van der Waals surface area contributed by atoms with Gasteiger partial charge in [-0.3, -0.25) is 9.59 Å². The first-order valence-corrected chi connectivity index (χ1v) is 7.20. The van der Waals surface area contributed by atoms with Crippen LogP contribution in [0, 0.1) is 0 Å². The number of primary amides is 1. The number of rotatable bonds is 3. The number of thiophene rings is 1. The molecule has 0 atom stereocenters.